The number of rotatable bonds is 7. The highest BCUT2D eigenvalue weighted by molar-refractivity contribution is 7.90. The number of aliphatic imine (C=N–C) groups is 1. The zero-order valence-electron chi connectivity index (χ0n) is 14.4. The summed E-state index contributed by atoms with van der Waals surface area (Å²) in [6.07, 6.45) is -0.780. The number of carboxylic acid groups (broad SMARTS) is 2. The fourth-order valence-corrected chi connectivity index (χ4v) is 3.21. The second kappa shape index (κ2) is 8.45. The molecule has 0 fully saturated rings. The number of nitrogens with one attached hydrogen (secondary N) is 1. The molecule has 0 amide bonds. The molecule has 2 rings (SSSR count). The minimum Gasteiger partial charge on any atom is -0.481 e. The average molecular weight is 390 g/mol. The maximum atomic E-state index is 12.6. The van der Waals surface area contributed by atoms with Crippen molar-refractivity contribution in [2.75, 3.05) is 0 Å². The number of carbonyl (C=O) groups is 2. The third-order valence-corrected chi connectivity index (χ3v) is 4.90. The lowest BCUT2D eigenvalue weighted by atomic mass is 10.2. The van der Waals surface area contributed by atoms with Crippen LogP contribution in [0.5, 0.6) is 0 Å². The molecule has 0 unspecified atom stereocenters. The molecule has 0 aliphatic heterocycles. The van der Waals surface area contributed by atoms with Gasteiger partial charge in [0.15, 0.2) is 6.04 Å². The van der Waals surface area contributed by atoms with Gasteiger partial charge < -0.3 is 10.2 Å². The van der Waals surface area contributed by atoms with Gasteiger partial charge in [0.05, 0.1) is 11.3 Å². The fourth-order valence-electron chi connectivity index (χ4n) is 2.17. The van der Waals surface area contributed by atoms with Crippen molar-refractivity contribution in [3.8, 4) is 0 Å². The Hall–Kier alpha value is -3.20. The summed E-state index contributed by atoms with van der Waals surface area (Å²) in [6.45, 7) is 1.81. The number of aryl methyl sites for hydroxylation is 1. The third kappa shape index (κ3) is 5.65. The Bertz CT molecular complexity index is 953. The summed E-state index contributed by atoms with van der Waals surface area (Å²) in [5.41, 5.74) is 1.18. The molecule has 1 atom stereocenters. The Balaban J connectivity index is 2.47. The standard InChI is InChI=1S/C18H18N2O6S/c1-12-7-9-14(10-8-12)27(25,26)20-17(13-5-3-2-4-6-13)19-15(18(23)24)11-16(21)22/h2-10,15H,11H2,1H3,(H,19,20)(H,21,22)(H,23,24)/t15-/m0/s1. The van der Waals surface area contributed by atoms with E-state index in [0.29, 0.717) is 5.56 Å². The van der Waals surface area contributed by atoms with Crippen molar-refractivity contribution < 1.29 is 28.2 Å². The monoisotopic (exact) mass is 390 g/mol. The first-order chi connectivity index (χ1) is 12.7. The number of sulfonamides is 1. The topological polar surface area (TPSA) is 133 Å². The van der Waals surface area contributed by atoms with E-state index in [2.05, 4.69) is 9.71 Å². The maximum absolute atomic E-state index is 12.6. The van der Waals surface area contributed by atoms with E-state index in [1.807, 2.05) is 6.92 Å². The molecule has 0 radical (unpaired) electrons. The van der Waals surface area contributed by atoms with Gasteiger partial charge in [-0.25, -0.2) is 13.2 Å². The summed E-state index contributed by atoms with van der Waals surface area (Å²) in [5, 5.41) is 18.1. The van der Waals surface area contributed by atoms with Crippen LogP contribution >= 0.6 is 0 Å². The highest BCUT2D eigenvalue weighted by atomic mass is 32.2. The number of carboxylic acids is 2. The molecule has 0 aliphatic carbocycles. The van der Waals surface area contributed by atoms with Crippen LogP contribution in [-0.4, -0.2) is 42.4 Å². The van der Waals surface area contributed by atoms with Gasteiger partial charge in [0.1, 0.15) is 5.84 Å². The number of hydrogen-bond donors (Lipinski definition) is 3. The van der Waals surface area contributed by atoms with E-state index in [4.69, 9.17) is 5.11 Å². The number of aliphatic carboxylic acids is 2. The van der Waals surface area contributed by atoms with E-state index < -0.39 is 34.4 Å². The molecule has 0 bridgehead atoms. The van der Waals surface area contributed by atoms with Crippen molar-refractivity contribution in [3.63, 3.8) is 0 Å². The lowest BCUT2D eigenvalue weighted by Gasteiger charge is -2.14. The van der Waals surface area contributed by atoms with Gasteiger partial charge in [0.2, 0.25) is 0 Å². The van der Waals surface area contributed by atoms with Crippen molar-refractivity contribution in [3.05, 3.63) is 65.7 Å². The highest BCUT2D eigenvalue weighted by Gasteiger charge is 2.24. The Labute approximate surface area is 156 Å². The number of nitrogens with zero attached hydrogens (tertiary/aromatic N) is 1. The Morgan fingerprint density at radius 3 is 2.15 bits per heavy atom. The molecule has 0 saturated carbocycles. The van der Waals surface area contributed by atoms with E-state index in [0.717, 1.165) is 5.56 Å². The van der Waals surface area contributed by atoms with E-state index in [-0.39, 0.29) is 10.7 Å². The summed E-state index contributed by atoms with van der Waals surface area (Å²) in [5.74, 6) is -3.08. The van der Waals surface area contributed by atoms with E-state index >= 15 is 0 Å². The van der Waals surface area contributed by atoms with Crippen LogP contribution in [0.25, 0.3) is 0 Å². The molecular formula is C18H18N2O6S. The minimum atomic E-state index is -4.05. The third-order valence-electron chi connectivity index (χ3n) is 3.55. The van der Waals surface area contributed by atoms with Crippen molar-refractivity contribution >= 4 is 27.8 Å². The number of benzene rings is 2. The second-order valence-corrected chi connectivity index (χ2v) is 7.40. The SMILES string of the molecule is Cc1ccc(S(=O)(=O)NC(=N[C@@H](CC(=O)O)C(=O)O)c2ccccc2)cc1. The summed E-state index contributed by atoms with van der Waals surface area (Å²) >= 11 is 0. The van der Waals surface area contributed by atoms with E-state index in [9.17, 15) is 23.1 Å². The van der Waals surface area contributed by atoms with Gasteiger partial charge in [-0.2, -0.15) is 0 Å². The number of amidine groups is 1. The van der Waals surface area contributed by atoms with Gasteiger partial charge in [0, 0.05) is 5.56 Å². The molecule has 0 heterocycles. The molecule has 0 saturated heterocycles. The van der Waals surface area contributed by atoms with Crippen LogP contribution in [0.3, 0.4) is 0 Å². The summed E-state index contributed by atoms with van der Waals surface area (Å²) in [6, 6.07) is 12.4. The molecular weight excluding hydrogens is 372 g/mol. The number of hydrogen-bond acceptors (Lipinski definition) is 5. The van der Waals surface area contributed by atoms with Gasteiger partial charge in [0.25, 0.3) is 10.0 Å². The molecule has 2 aromatic rings. The fraction of sp³-hybridized carbons (Fsp3) is 0.167. The van der Waals surface area contributed by atoms with Crippen LogP contribution in [0.1, 0.15) is 17.5 Å². The zero-order chi connectivity index (χ0) is 20.0. The smallest absolute Gasteiger partial charge is 0.329 e. The molecule has 27 heavy (non-hydrogen) atoms. The van der Waals surface area contributed by atoms with Crippen LogP contribution in [-0.2, 0) is 19.6 Å². The highest BCUT2D eigenvalue weighted by Crippen LogP contribution is 2.12. The predicted molar refractivity (Wildman–Crippen MR) is 98.2 cm³/mol. The van der Waals surface area contributed by atoms with Crippen LogP contribution in [0.15, 0.2) is 64.5 Å². The van der Waals surface area contributed by atoms with Crippen LogP contribution < -0.4 is 4.72 Å². The lowest BCUT2D eigenvalue weighted by molar-refractivity contribution is -0.144. The van der Waals surface area contributed by atoms with Crippen LogP contribution in [0.2, 0.25) is 0 Å². The minimum absolute atomic E-state index is 0.0261. The Kier molecular flexibility index (Phi) is 6.30. The quantitative estimate of drug-likeness (QED) is 0.486. The largest absolute Gasteiger partial charge is 0.481 e. The first kappa shape index (κ1) is 20.1. The van der Waals surface area contributed by atoms with Gasteiger partial charge in [-0.1, -0.05) is 48.0 Å². The predicted octanol–water partition coefficient (Wildman–Crippen LogP) is 1.65. The summed E-state index contributed by atoms with van der Waals surface area (Å²) in [4.78, 5) is 26.1. The maximum Gasteiger partial charge on any atom is 0.329 e. The first-order valence-corrected chi connectivity index (χ1v) is 9.34. The molecule has 3 N–H and O–H groups in total. The van der Waals surface area contributed by atoms with E-state index in [1.165, 1.54) is 24.3 Å². The molecule has 142 valence electrons. The molecule has 0 aliphatic rings. The normalized spacial score (nSPS) is 13.0. The lowest BCUT2D eigenvalue weighted by Crippen LogP contribution is -2.34. The van der Waals surface area contributed by atoms with Crippen molar-refractivity contribution in [1.82, 2.24) is 4.72 Å². The van der Waals surface area contributed by atoms with E-state index in [1.54, 1.807) is 30.3 Å². The van der Waals surface area contributed by atoms with Gasteiger partial charge in [-0.05, 0) is 19.1 Å². The summed E-state index contributed by atoms with van der Waals surface area (Å²) in [7, 11) is -4.05. The molecule has 0 aromatic heterocycles. The van der Waals surface area contributed by atoms with Gasteiger partial charge in [-0.15, -0.1) is 0 Å². The second-order valence-electron chi connectivity index (χ2n) is 5.71. The van der Waals surface area contributed by atoms with Crippen molar-refractivity contribution in [2.24, 2.45) is 4.99 Å². The summed E-state index contributed by atoms with van der Waals surface area (Å²) < 4.78 is 27.6. The van der Waals surface area contributed by atoms with Gasteiger partial charge >= 0.3 is 11.9 Å². The first-order valence-electron chi connectivity index (χ1n) is 7.86. The Morgan fingerprint density at radius 2 is 1.63 bits per heavy atom. The van der Waals surface area contributed by atoms with Gasteiger partial charge in [-0.3, -0.25) is 14.5 Å². The van der Waals surface area contributed by atoms with Crippen molar-refractivity contribution in [2.45, 2.75) is 24.3 Å². The average Bonchev–Trinajstić information content (AvgIpc) is 2.61. The zero-order valence-corrected chi connectivity index (χ0v) is 15.2. The van der Waals surface area contributed by atoms with Crippen molar-refractivity contribution in [1.29, 1.82) is 0 Å². The molecule has 9 heteroatoms. The van der Waals surface area contributed by atoms with Crippen LogP contribution in [0.4, 0.5) is 0 Å². The molecule has 2 aromatic carbocycles. The van der Waals surface area contributed by atoms with Crippen LogP contribution in [0, 0.1) is 6.92 Å². The molecule has 8 nitrogen and oxygen atoms in total. The molecule has 0 spiro atoms. The Morgan fingerprint density at radius 1 is 1.04 bits per heavy atom.